The molecular formula is C14H18FN3O. The summed E-state index contributed by atoms with van der Waals surface area (Å²) in [7, 11) is 0. The molecule has 1 heterocycles. The largest absolute Gasteiger partial charge is 0.485 e. The van der Waals surface area contributed by atoms with Crippen LogP contribution in [0.5, 0.6) is 5.75 Å². The van der Waals surface area contributed by atoms with E-state index < -0.39 is 0 Å². The Kier molecular flexibility index (Phi) is 4.52. The molecule has 0 amide bonds. The molecule has 0 aliphatic carbocycles. The van der Waals surface area contributed by atoms with Crippen molar-refractivity contribution in [2.75, 3.05) is 6.54 Å². The van der Waals surface area contributed by atoms with Gasteiger partial charge in [0.05, 0.1) is 6.20 Å². The highest BCUT2D eigenvalue weighted by molar-refractivity contribution is 5.35. The van der Waals surface area contributed by atoms with Crippen molar-refractivity contribution in [3.8, 4) is 5.75 Å². The Morgan fingerprint density at radius 2 is 2.26 bits per heavy atom. The van der Waals surface area contributed by atoms with E-state index in [0.717, 1.165) is 17.7 Å². The van der Waals surface area contributed by atoms with Crippen LogP contribution in [0.15, 0.2) is 30.6 Å². The number of halogens is 1. The smallest absolute Gasteiger partial charge is 0.165 e. The molecule has 2 N–H and O–H groups in total. The zero-order valence-electron chi connectivity index (χ0n) is 11.0. The van der Waals surface area contributed by atoms with Gasteiger partial charge in [-0.3, -0.25) is 4.68 Å². The number of aromatic nitrogens is 2. The predicted molar refractivity (Wildman–Crippen MR) is 71.4 cm³/mol. The molecule has 0 saturated heterocycles. The van der Waals surface area contributed by atoms with Crippen LogP contribution in [0.3, 0.4) is 0 Å². The highest BCUT2D eigenvalue weighted by Crippen LogP contribution is 2.24. The van der Waals surface area contributed by atoms with Gasteiger partial charge < -0.3 is 10.5 Å². The molecule has 0 aliphatic rings. The molecular weight excluding hydrogens is 245 g/mol. The fourth-order valence-electron chi connectivity index (χ4n) is 1.88. The van der Waals surface area contributed by atoms with Crippen LogP contribution in [0.25, 0.3) is 0 Å². The molecule has 2 aromatic rings. The summed E-state index contributed by atoms with van der Waals surface area (Å²) in [6.07, 6.45) is 4.22. The minimum absolute atomic E-state index is 0.289. The summed E-state index contributed by atoms with van der Waals surface area (Å²) in [5.74, 6) is -0.0639. The zero-order chi connectivity index (χ0) is 13.7. The third-order valence-electron chi connectivity index (χ3n) is 2.86. The molecule has 1 aromatic heterocycles. The number of ether oxygens (including phenoxy) is 1. The highest BCUT2D eigenvalue weighted by atomic mass is 19.1. The summed E-state index contributed by atoms with van der Waals surface area (Å²) in [6.45, 7) is 3.58. The second-order valence-electron chi connectivity index (χ2n) is 4.26. The number of hydrogen-bond acceptors (Lipinski definition) is 3. The Balaban J connectivity index is 2.09. The zero-order valence-corrected chi connectivity index (χ0v) is 11.0. The van der Waals surface area contributed by atoms with Gasteiger partial charge in [-0.15, -0.1) is 0 Å². The molecule has 5 heteroatoms. The molecule has 0 spiro atoms. The van der Waals surface area contributed by atoms with E-state index in [-0.39, 0.29) is 11.6 Å². The first-order valence-corrected chi connectivity index (χ1v) is 6.36. The van der Waals surface area contributed by atoms with Crippen molar-refractivity contribution in [2.24, 2.45) is 5.73 Å². The first kappa shape index (κ1) is 13.5. The van der Waals surface area contributed by atoms with E-state index in [1.807, 2.05) is 19.2 Å². The van der Waals surface area contributed by atoms with Crippen LogP contribution in [0.4, 0.5) is 4.39 Å². The minimum Gasteiger partial charge on any atom is -0.485 e. The summed E-state index contributed by atoms with van der Waals surface area (Å²) in [4.78, 5) is 0. The first-order chi connectivity index (χ1) is 9.24. The summed E-state index contributed by atoms with van der Waals surface area (Å²) >= 11 is 0. The molecule has 0 atom stereocenters. The SMILES string of the molecule is CCn1cc(COc2c(F)cccc2CCN)cn1. The van der Waals surface area contributed by atoms with Crippen LogP contribution in [0, 0.1) is 5.82 Å². The predicted octanol–water partition coefficient (Wildman–Crippen LogP) is 2.12. The molecule has 0 saturated carbocycles. The monoisotopic (exact) mass is 263 g/mol. The van der Waals surface area contributed by atoms with Gasteiger partial charge in [-0.05, 0) is 31.5 Å². The number of nitrogens with two attached hydrogens (primary N) is 1. The third-order valence-corrected chi connectivity index (χ3v) is 2.86. The van der Waals surface area contributed by atoms with Crippen molar-refractivity contribution in [3.63, 3.8) is 0 Å². The summed E-state index contributed by atoms with van der Waals surface area (Å²) in [5, 5.41) is 4.15. The Bertz CT molecular complexity index is 539. The average Bonchev–Trinajstić information content (AvgIpc) is 2.86. The molecule has 0 bridgehead atoms. The van der Waals surface area contributed by atoms with E-state index >= 15 is 0 Å². The number of hydrogen-bond donors (Lipinski definition) is 1. The lowest BCUT2D eigenvalue weighted by atomic mass is 10.1. The lowest BCUT2D eigenvalue weighted by molar-refractivity contribution is 0.287. The fourth-order valence-corrected chi connectivity index (χ4v) is 1.88. The van der Waals surface area contributed by atoms with Crippen molar-refractivity contribution in [3.05, 3.63) is 47.5 Å². The van der Waals surface area contributed by atoms with E-state index in [1.165, 1.54) is 6.07 Å². The van der Waals surface area contributed by atoms with Crippen LogP contribution in [0.1, 0.15) is 18.1 Å². The van der Waals surface area contributed by atoms with Gasteiger partial charge in [0.25, 0.3) is 0 Å². The lowest BCUT2D eigenvalue weighted by Gasteiger charge is -2.11. The number of rotatable bonds is 6. The minimum atomic E-state index is -0.353. The Hall–Kier alpha value is -1.88. The lowest BCUT2D eigenvalue weighted by Crippen LogP contribution is -2.06. The summed E-state index contributed by atoms with van der Waals surface area (Å²) in [5.41, 5.74) is 7.23. The topological polar surface area (TPSA) is 53.1 Å². The number of benzene rings is 1. The second kappa shape index (κ2) is 6.33. The van der Waals surface area contributed by atoms with E-state index in [9.17, 15) is 4.39 Å². The maximum absolute atomic E-state index is 13.8. The van der Waals surface area contributed by atoms with Crippen molar-refractivity contribution >= 4 is 0 Å². The van der Waals surface area contributed by atoms with Gasteiger partial charge in [0.2, 0.25) is 0 Å². The van der Waals surface area contributed by atoms with Gasteiger partial charge in [-0.1, -0.05) is 12.1 Å². The summed E-state index contributed by atoms with van der Waals surface area (Å²) < 4.78 is 21.1. The molecule has 2 rings (SSSR count). The fraction of sp³-hybridized carbons (Fsp3) is 0.357. The van der Waals surface area contributed by atoms with Crippen LogP contribution < -0.4 is 10.5 Å². The maximum atomic E-state index is 13.8. The summed E-state index contributed by atoms with van der Waals surface area (Å²) in [6, 6.07) is 4.90. The molecule has 4 nitrogen and oxygen atoms in total. The van der Waals surface area contributed by atoms with E-state index in [2.05, 4.69) is 5.10 Å². The molecule has 0 unspecified atom stereocenters. The van der Waals surface area contributed by atoms with Gasteiger partial charge in [0, 0.05) is 18.3 Å². The molecule has 19 heavy (non-hydrogen) atoms. The quantitative estimate of drug-likeness (QED) is 0.868. The first-order valence-electron chi connectivity index (χ1n) is 6.36. The second-order valence-corrected chi connectivity index (χ2v) is 4.26. The third kappa shape index (κ3) is 3.32. The Morgan fingerprint density at radius 3 is 2.95 bits per heavy atom. The Labute approximate surface area is 112 Å². The van der Waals surface area contributed by atoms with Gasteiger partial charge in [0.1, 0.15) is 6.61 Å². The maximum Gasteiger partial charge on any atom is 0.165 e. The van der Waals surface area contributed by atoms with E-state index in [4.69, 9.17) is 10.5 Å². The van der Waals surface area contributed by atoms with Gasteiger partial charge in [-0.25, -0.2) is 4.39 Å². The van der Waals surface area contributed by atoms with Crippen LogP contribution in [-0.4, -0.2) is 16.3 Å². The highest BCUT2D eigenvalue weighted by Gasteiger charge is 2.10. The molecule has 1 aromatic carbocycles. The van der Waals surface area contributed by atoms with Crippen molar-refractivity contribution in [2.45, 2.75) is 26.5 Å². The van der Waals surface area contributed by atoms with E-state index in [0.29, 0.717) is 19.6 Å². The van der Waals surface area contributed by atoms with Gasteiger partial charge in [-0.2, -0.15) is 5.10 Å². The van der Waals surface area contributed by atoms with Crippen LogP contribution in [-0.2, 0) is 19.6 Å². The Morgan fingerprint density at radius 1 is 1.42 bits per heavy atom. The number of para-hydroxylation sites is 1. The van der Waals surface area contributed by atoms with Crippen molar-refractivity contribution in [1.82, 2.24) is 9.78 Å². The average molecular weight is 263 g/mol. The van der Waals surface area contributed by atoms with Crippen LogP contribution >= 0.6 is 0 Å². The molecule has 0 fully saturated rings. The molecule has 0 radical (unpaired) electrons. The van der Waals surface area contributed by atoms with E-state index in [1.54, 1.807) is 16.9 Å². The molecule has 102 valence electrons. The number of aryl methyl sites for hydroxylation is 1. The normalized spacial score (nSPS) is 10.7. The van der Waals surface area contributed by atoms with Gasteiger partial charge in [0.15, 0.2) is 11.6 Å². The van der Waals surface area contributed by atoms with Gasteiger partial charge >= 0.3 is 0 Å². The van der Waals surface area contributed by atoms with Crippen molar-refractivity contribution < 1.29 is 9.13 Å². The standard InChI is InChI=1S/C14H18FN3O/c1-2-18-9-11(8-17-18)10-19-14-12(6-7-16)4-3-5-13(14)15/h3-5,8-9H,2,6-7,10,16H2,1H3. The van der Waals surface area contributed by atoms with Crippen LogP contribution in [0.2, 0.25) is 0 Å². The van der Waals surface area contributed by atoms with Crippen molar-refractivity contribution in [1.29, 1.82) is 0 Å². The number of nitrogens with zero attached hydrogens (tertiary/aromatic N) is 2. The molecule has 0 aliphatic heterocycles.